The van der Waals surface area contributed by atoms with Crippen molar-refractivity contribution in [2.75, 3.05) is 0 Å². The lowest BCUT2D eigenvalue weighted by Gasteiger charge is -2.34. The highest BCUT2D eigenvalue weighted by atomic mass is 14.4. The van der Waals surface area contributed by atoms with Crippen LogP contribution in [0, 0.1) is 54.8 Å². The molecule has 0 spiro atoms. The van der Waals surface area contributed by atoms with Gasteiger partial charge in [-0.3, -0.25) is 0 Å². The molecule has 0 saturated heterocycles. The standard InChI is InChI=1S/C27H21N3/c1-15-8-23(17(3)7-20(15)13-29)27-22-6-5-19(12-28)10-24(22)18(4)25-11-21(14-30)16(2)9-26(25)27/h5-11,18,27H,1-4H3. The third kappa shape index (κ3) is 2.86. The normalized spacial score (nSPS) is 16.6. The predicted molar refractivity (Wildman–Crippen MR) is 116 cm³/mol. The molecule has 0 saturated carbocycles. The molecule has 30 heavy (non-hydrogen) atoms. The number of benzene rings is 3. The molecule has 0 radical (unpaired) electrons. The molecule has 0 heterocycles. The zero-order valence-corrected chi connectivity index (χ0v) is 17.5. The highest BCUT2D eigenvalue weighted by molar-refractivity contribution is 5.63. The second kappa shape index (κ2) is 7.18. The van der Waals surface area contributed by atoms with Gasteiger partial charge in [-0.1, -0.05) is 25.1 Å². The Morgan fingerprint density at radius 3 is 1.83 bits per heavy atom. The Balaban J connectivity index is 2.08. The fourth-order valence-electron chi connectivity index (χ4n) is 4.71. The molecule has 1 aliphatic carbocycles. The van der Waals surface area contributed by atoms with Crippen molar-refractivity contribution in [1.82, 2.24) is 0 Å². The van der Waals surface area contributed by atoms with Crippen LogP contribution in [0.25, 0.3) is 0 Å². The topological polar surface area (TPSA) is 71.4 Å². The van der Waals surface area contributed by atoms with Gasteiger partial charge in [0.25, 0.3) is 0 Å². The minimum atomic E-state index is -0.00294. The van der Waals surface area contributed by atoms with E-state index in [-0.39, 0.29) is 11.8 Å². The van der Waals surface area contributed by atoms with Crippen LogP contribution in [0.4, 0.5) is 0 Å². The average molecular weight is 387 g/mol. The van der Waals surface area contributed by atoms with Gasteiger partial charge >= 0.3 is 0 Å². The lowest BCUT2D eigenvalue weighted by molar-refractivity contribution is 0.788. The van der Waals surface area contributed by atoms with Crippen molar-refractivity contribution < 1.29 is 0 Å². The third-order valence-electron chi connectivity index (χ3n) is 6.37. The number of aryl methyl sites for hydroxylation is 3. The van der Waals surface area contributed by atoms with Gasteiger partial charge in [0.05, 0.1) is 34.9 Å². The summed E-state index contributed by atoms with van der Waals surface area (Å²) in [7, 11) is 0. The van der Waals surface area contributed by atoms with E-state index in [0.29, 0.717) is 16.7 Å². The largest absolute Gasteiger partial charge is 0.192 e. The Morgan fingerprint density at radius 2 is 1.20 bits per heavy atom. The van der Waals surface area contributed by atoms with Gasteiger partial charge in [0, 0.05) is 11.8 Å². The van der Waals surface area contributed by atoms with Crippen LogP contribution >= 0.6 is 0 Å². The van der Waals surface area contributed by atoms with Crippen molar-refractivity contribution in [2.24, 2.45) is 0 Å². The van der Waals surface area contributed by atoms with Crippen molar-refractivity contribution in [3.05, 3.63) is 104 Å². The van der Waals surface area contributed by atoms with Crippen molar-refractivity contribution in [3.8, 4) is 18.2 Å². The summed E-state index contributed by atoms with van der Waals surface area (Å²) in [6.45, 7) is 8.14. The van der Waals surface area contributed by atoms with Gasteiger partial charge in [-0.25, -0.2) is 0 Å². The van der Waals surface area contributed by atoms with E-state index in [2.05, 4.69) is 43.3 Å². The zero-order chi connectivity index (χ0) is 21.6. The van der Waals surface area contributed by atoms with Gasteiger partial charge in [-0.15, -0.1) is 0 Å². The molecule has 0 N–H and O–H groups in total. The SMILES string of the molecule is Cc1cc(C2c3ccc(C#N)cc3C(C)c3cc(C#N)c(C)cc32)c(C)cc1C#N. The van der Waals surface area contributed by atoms with E-state index in [4.69, 9.17) is 0 Å². The highest BCUT2D eigenvalue weighted by Gasteiger charge is 2.33. The number of fused-ring (bicyclic) bond motifs is 2. The molecule has 0 aliphatic heterocycles. The lowest BCUT2D eigenvalue weighted by Crippen LogP contribution is -2.19. The predicted octanol–water partition coefficient (Wildman–Crippen LogP) is 5.87. The number of nitrogens with zero attached hydrogens (tertiary/aromatic N) is 3. The summed E-state index contributed by atoms with van der Waals surface area (Å²) in [4.78, 5) is 0. The average Bonchev–Trinajstić information content (AvgIpc) is 2.75. The Labute approximate surface area is 177 Å². The maximum absolute atomic E-state index is 9.58. The first kappa shape index (κ1) is 19.4. The Hall–Kier alpha value is -3.87. The van der Waals surface area contributed by atoms with Gasteiger partial charge in [-0.05, 0) is 89.5 Å². The summed E-state index contributed by atoms with van der Waals surface area (Å²) in [5, 5.41) is 28.5. The molecule has 144 valence electrons. The molecule has 2 atom stereocenters. The Morgan fingerprint density at radius 1 is 0.600 bits per heavy atom. The minimum Gasteiger partial charge on any atom is -0.192 e. The number of hydrogen-bond donors (Lipinski definition) is 0. The quantitative estimate of drug-likeness (QED) is 0.524. The van der Waals surface area contributed by atoms with E-state index in [1.165, 1.54) is 11.1 Å². The van der Waals surface area contributed by atoms with Gasteiger partial charge in [0.15, 0.2) is 0 Å². The summed E-state index contributed by atoms with van der Waals surface area (Å²) < 4.78 is 0. The summed E-state index contributed by atoms with van der Waals surface area (Å²) in [5.41, 5.74) is 10.8. The van der Waals surface area contributed by atoms with Crippen LogP contribution in [0.3, 0.4) is 0 Å². The van der Waals surface area contributed by atoms with Crippen LogP contribution in [0.5, 0.6) is 0 Å². The van der Waals surface area contributed by atoms with Crippen LogP contribution in [0.15, 0.2) is 42.5 Å². The van der Waals surface area contributed by atoms with Crippen LogP contribution in [-0.4, -0.2) is 0 Å². The van der Waals surface area contributed by atoms with Crippen LogP contribution < -0.4 is 0 Å². The van der Waals surface area contributed by atoms with Crippen molar-refractivity contribution in [2.45, 2.75) is 39.5 Å². The third-order valence-corrected chi connectivity index (χ3v) is 6.37. The maximum Gasteiger partial charge on any atom is 0.0994 e. The zero-order valence-electron chi connectivity index (χ0n) is 17.5. The fourth-order valence-corrected chi connectivity index (χ4v) is 4.71. The van der Waals surface area contributed by atoms with Crippen LogP contribution in [0.1, 0.15) is 80.0 Å². The molecule has 2 unspecified atom stereocenters. The first-order valence-corrected chi connectivity index (χ1v) is 9.99. The van der Waals surface area contributed by atoms with E-state index in [9.17, 15) is 15.8 Å². The Kier molecular flexibility index (Phi) is 4.66. The smallest absolute Gasteiger partial charge is 0.0994 e. The van der Waals surface area contributed by atoms with Crippen molar-refractivity contribution in [1.29, 1.82) is 15.8 Å². The van der Waals surface area contributed by atoms with E-state index in [1.807, 2.05) is 45.0 Å². The van der Waals surface area contributed by atoms with Crippen molar-refractivity contribution >= 4 is 0 Å². The summed E-state index contributed by atoms with van der Waals surface area (Å²) >= 11 is 0. The molecule has 3 nitrogen and oxygen atoms in total. The molecular weight excluding hydrogens is 366 g/mol. The number of rotatable bonds is 1. The van der Waals surface area contributed by atoms with Crippen LogP contribution in [-0.2, 0) is 0 Å². The van der Waals surface area contributed by atoms with E-state index in [0.717, 1.165) is 33.4 Å². The molecular formula is C27H21N3. The minimum absolute atomic E-state index is 0.00294. The van der Waals surface area contributed by atoms with E-state index in [1.54, 1.807) is 0 Å². The Bertz CT molecular complexity index is 1330. The van der Waals surface area contributed by atoms with Gasteiger partial charge in [0.1, 0.15) is 0 Å². The monoisotopic (exact) mass is 387 g/mol. The molecule has 3 aromatic rings. The molecule has 0 bridgehead atoms. The second-order valence-corrected chi connectivity index (χ2v) is 8.15. The first-order chi connectivity index (χ1) is 14.4. The lowest BCUT2D eigenvalue weighted by atomic mass is 9.68. The molecule has 1 aliphatic rings. The van der Waals surface area contributed by atoms with Gasteiger partial charge in [-0.2, -0.15) is 15.8 Å². The van der Waals surface area contributed by atoms with Crippen molar-refractivity contribution in [3.63, 3.8) is 0 Å². The van der Waals surface area contributed by atoms with Crippen LogP contribution in [0.2, 0.25) is 0 Å². The summed E-state index contributed by atoms with van der Waals surface area (Å²) in [6.07, 6.45) is 0. The second-order valence-electron chi connectivity index (χ2n) is 8.15. The first-order valence-electron chi connectivity index (χ1n) is 9.99. The summed E-state index contributed by atoms with van der Waals surface area (Å²) in [5.74, 6) is 0.0869. The number of hydrogen-bond acceptors (Lipinski definition) is 3. The number of nitriles is 3. The molecule has 3 aromatic carbocycles. The maximum atomic E-state index is 9.58. The van der Waals surface area contributed by atoms with Gasteiger partial charge in [0.2, 0.25) is 0 Å². The van der Waals surface area contributed by atoms with E-state index < -0.39 is 0 Å². The fraction of sp³-hybridized carbons (Fsp3) is 0.222. The summed E-state index contributed by atoms with van der Waals surface area (Å²) in [6, 6.07) is 21.0. The molecule has 0 amide bonds. The molecule has 0 aromatic heterocycles. The van der Waals surface area contributed by atoms with E-state index >= 15 is 0 Å². The molecule has 3 heteroatoms. The molecule has 4 rings (SSSR count). The highest BCUT2D eigenvalue weighted by Crippen LogP contribution is 2.48. The van der Waals surface area contributed by atoms with Gasteiger partial charge < -0.3 is 0 Å². The molecule has 0 fully saturated rings.